The molecular weight excluding hydrogens is 275 g/mol. The predicted octanol–water partition coefficient (Wildman–Crippen LogP) is 2.56. The summed E-state index contributed by atoms with van der Waals surface area (Å²) in [6.45, 7) is 6.13. The molecule has 5 heteroatoms. The number of esters is 1. The number of carbonyl (C=O) groups is 3. The van der Waals surface area contributed by atoms with E-state index in [1.54, 1.807) is 13.8 Å². The van der Waals surface area contributed by atoms with Gasteiger partial charge in [-0.05, 0) is 52.0 Å². The molecule has 1 aromatic rings. The molecule has 0 bridgehead atoms. The first kappa shape index (κ1) is 15.4. The van der Waals surface area contributed by atoms with Gasteiger partial charge in [0.25, 0.3) is 0 Å². The van der Waals surface area contributed by atoms with Crippen LogP contribution in [0.3, 0.4) is 0 Å². The highest BCUT2D eigenvalue weighted by Gasteiger charge is 2.57. The maximum atomic E-state index is 12.9. The summed E-state index contributed by atoms with van der Waals surface area (Å²) >= 11 is 0. The van der Waals surface area contributed by atoms with Crippen LogP contribution in [-0.2, 0) is 14.3 Å². The molecule has 4 nitrogen and oxygen atoms in total. The maximum Gasteiger partial charge on any atom is 0.319 e. The molecule has 0 aromatic heterocycles. The fourth-order valence-corrected chi connectivity index (χ4v) is 2.57. The van der Waals surface area contributed by atoms with Crippen LogP contribution in [0.25, 0.3) is 0 Å². The molecule has 0 amide bonds. The van der Waals surface area contributed by atoms with E-state index in [2.05, 4.69) is 0 Å². The Hall–Kier alpha value is -2.04. The zero-order chi connectivity index (χ0) is 16.0. The van der Waals surface area contributed by atoms with Crippen LogP contribution in [-0.4, -0.2) is 23.6 Å². The number of ether oxygens (including phenoxy) is 1. The van der Waals surface area contributed by atoms with Gasteiger partial charge in [-0.15, -0.1) is 0 Å². The van der Waals surface area contributed by atoms with E-state index in [1.807, 2.05) is 0 Å². The standard InChI is InChI=1S/C16H17FO4/c1-15(2)12(21-14(20)16(3,4)13(15)19)11(18)9-5-7-10(17)8-6-9/h5-8,12H,1-4H3/t12-/m0/s1. The van der Waals surface area contributed by atoms with Gasteiger partial charge in [0.05, 0.1) is 5.41 Å². The second kappa shape index (κ2) is 4.76. The Kier molecular flexibility index (Phi) is 3.48. The molecule has 1 heterocycles. The van der Waals surface area contributed by atoms with Crippen LogP contribution in [0.1, 0.15) is 38.1 Å². The number of carbonyl (C=O) groups excluding carboxylic acids is 3. The van der Waals surface area contributed by atoms with E-state index in [0.717, 1.165) is 12.1 Å². The van der Waals surface area contributed by atoms with Crippen LogP contribution in [0.4, 0.5) is 4.39 Å². The van der Waals surface area contributed by atoms with Crippen molar-refractivity contribution in [3.05, 3.63) is 35.6 Å². The third-order valence-corrected chi connectivity index (χ3v) is 3.91. The van der Waals surface area contributed by atoms with Gasteiger partial charge >= 0.3 is 5.97 Å². The van der Waals surface area contributed by atoms with Crippen LogP contribution in [0.5, 0.6) is 0 Å². The Bertz CT molecular complexity index is 614. The minimum atomic E-state index is -1.27. The molecule has 1 aliphatic rings. The van der Waals surface area contributed by atoms with Crippen molar-refractivity contribution >= 4 is 17.5 Å². The van der Waals surface area contributed by atoms with Crippen molar-refractivity contribution in [1.82, 2.24) is 0 Å². The van der Waals surface area contributed by atoms with Gasteiger partial charge in [-0.25, -0.2) is 4.39 Å². The predicted molar refractivity (Wildman–Crippen MR) is 73.2 cm³/mol. The summed E-state index contributed by atoms with van der Waals surface area (Å²) in [6, 6.07) is 4.92. The molecule has 0 aliphatic carbocycles. The molecule has 2 rings (SSSR count). The summed E-state index contributed by atoms with van der Waals surface area (Å²) in [5.74, 6) is -2.03. The van der Waals surface area contributed by atoms with Crippen molar-refractivity contribution in [3.8, 4) is 0 Å². The zero-order valence-corrected chi connectivity index (χ0v) is 12.4. The molecule has 21 heavy (non-hydrogen) atoms. The first-order chi connectivity index (χ1) is 9.58. The molecule has 112 valence electrons. The first-order valence-electron chi connectivity index (χ1n) is 6.64. The summed E-state index contributed by atoms with van der Waals surface area (Å²) in [5, 5.41) is 0. The van der Waals surface area contributed by atoms with Gasteiger partial charge in [0, 0.05) is 5.56 Å². The molecule has 1 fully saturated rings. The Morgan fingerprint density at radius 2 is 1.62 bits per heavy atom. The third kappa shape index (κ3) is 2.37. The fourth-order valence-electron chi connectivity index (χ4n) is 2.57. The van der Waals surface area contributed by atoms with Crippen LogP contribution in [0, 0.1) is 16.6 Å². The van der Waals surface area contributed by atoms with E-state index < -0.39 is 34.5 Å². The lowest BCUT2D eigenvalue weighted by Gasteiger charge is -2.42. The number of cyclic esters (lactones) is 1. The number of Topliss-reactive ketones (excluding diaryl/α,β-unsaturated/α-hetero) is 2. The van der Waals surface area contributed by atoms with Crippen molar-refractivity contribution in [2.24, 2.45) is 10.8 Å². The number of rotatable bonds is 2. The summed E-state index contributed by atoms with van der Waals surface area (Å²) in [4.78, 5) is 36.9. The maximum absolute atomic E-state index is 12.9. The van der Waals surface area contributed by atoms with Crippen LogP contribution in [0.15, 0.2) is 24.3 Å². The van der Waals surface area contributed by atoms with Crippen molar-refractivity contribution in [3.63, 3.8) is 0 Å². The average Bonchev–Trinajstić information content (AvgIpc) is 2.42. The minimum absolute atomic E-state index is 0.204. The Balaban J connectivity index is 2.39. The fraction of sp³-hybridized carbons (Fsp3) is 0.438. The molecule has 1 aliphatic heterocycles. The van der Waals surface area contributed by atoms with Gasteiger partial charge in [0.15, 0.2) is 11.9 Å². The summed E-state index contributed by atoms with van der Waals surface area (Å²) < 4.78 is 18.2. The number of ketones is 2. The van der Waals surface area contributed by atoms with Gasteiger partial charge in [-0.2, -0.15) is 0 Å². The van der Waals surface area contributed by atoms with Crippen molar-refractivity contribution < 1.29 is 23.5 Å². The van der Waals surface area contributed by atoms with Gasteiger partial charge in [-0.1, -0.05) is 0 Å². The van der Waals surface area contributed by atoms with Crippen molar-refractivity contribution in [2.75, 3.05) is 0 Å². The topological polar surface area (TPSA) is 60.4 Å². The van der Waals surface area contributed by atoms with E-state index in [-0.39, 0.29) is 11.3 Å². The van der Waals surface area contributed by atoms with Crippen LogP contribution < -0.4 is 0 Å². The average molecular weight is 292 g/mol. The van der Waals surface area contributed by atoms with Crippen molar-refractivity contribution in [2.45, 2.75) is 33.8 Å². The SMILES string of the molecule is CC1(C)C(=O)O[C@@H](C(=O)c2ccc(F)cc2)C(C)(C)C1=O. The lowest BCUT2D eigenvalue weighted by Crippen LogP contribution is -2.58. The quantitative estimate of drug-likeness (QED) is 0.477. The molecule has 0 radical (unpaired) electrons. The molecule has 0 N–H and O–H groups in total. The largest absolute Gasteiger partial charge is 0.452 e. The zero-order valence-electron chi connectivity index (χ0n) is 12.4. The third-order valence-electron chi connectivity index (χ3n) is 3.91. The molecular formula is C16H17FO4. The Labute approximate surface area is 122 Å². The van der Waals surface area contributed by atoms with E-state index in [9.17, 15) is 18.8 Å². The highest BCUT2D eigenvalue weighted by molar-refractivity contribution is 6.13. The number of hydrogen-bond acceptors (Lipinski definition) is 4. The van der Waals surface area contributed by atoms with E-state index >= 15 is 0 Å². The molecule has 0 spiro atoms. The molecule has 1 atom stereocenters. The Morgan fingerprint density at radius 3 is 2.14 bits per heavy atom. The highest BCUT2D eigenvalue weighted by Crippen LogP contribution is 2.41. The Morgan fingerprint density at radius 1 is 1.10 bits per heavy atom. The monoisotopic (exact) mass is 292 g/mol. The molecule has 0 unspecified atom stereocenters. The van der Waals surface area contributed by atoms with Crippen LogP contribution in [0.2, 0.25) is 0 Å². The van der Waals surface area contributed by atoms with E-state index in [1.165, 1.54) is 26.0 Å². The number of benzene rings is 1. The summed E-state index contributed by atoms with van der Waals surface area (Å²) in [5.41, 5.74) is -2.21. The smallest absolute Gasteiger partial charge is 0.319 e. The minimum Gasteiger partial charge on any atom is -0.452 e. The molecule has 1 aromatic carbocycles. The lowest BCUT2D eigenvalue weighted by molar-refractivity contribution is -0.181. The number of halogens is 1. The molecule has 0 saturated carbocycles. The van der Waals surface area contributed by atoms with E-state index in [0.29, 0.717) is 0 Å². The molecule has 1 saturated heterocycles. The second-order valence-electron chi connectivity index (χ2n) is 6.33. The van der Waals surface area contributed by atoms with Crippen molar-refractivity contribution in [1.29, 1.82) is 0 Å². The van der Waals surface area contributed by atoms with Gasteiger partial charge in [-0.3, -0.25) is 14.4 Å². The lowest BCUT2D eigenvalue weighted by atomic mass is 9.67. The summed E-state index contributed by atoms with van der Waals surface area (Å²) in [6.07, 6.45) is -1.20. The normalized spacial score (nSPS) is 23.6. The van der Waals surface area contributed by atoms with Gasteiger partial charge in [0.2, 0.25) is 5.78 Å². The van der Waals surface area contributed by atoms with Gasteiger partial charge < -0.3 is 4.74 Å². The van der Waals surface area contributed by atoms with Crippen LogP contribution >= 0.6 is 0 Å². The first-order valence-corrected chi connectivity index (χ1v) is 6.64. The van der Waals surface area contributed by atoms with E-state index in [4.69, 9.17) is 4.74 Å². The number of hydrogen-bond donors (Lipinski definition) is 0. The van der Waals surface area contributed by atoms with Gasteiger partial charge in [0.1, 0.15) is 11.2 Å². The highest BCUT2D eigenvalue weighted by atomic mass is 19.1. The second-order valence-corrected chi connectivity index (χ2v) is 6.33. The summed E-state index contributed by atoms with van der Waals surface area (Å²) in [7, 11) is 0.